The zero-order valence-electron chi connectivity index (χ0n) is 12.2. The molecule has 1 N–H and O–H groups in total. The van der Waals surface area contributed by atoms with Gasteiger partial charge < -0.3 is 10.0 Å². The molecular weight excluding hydrogens is 240 g/mol. The Kier molecular flexibility index (Phi) is 5.64. The molecule has 1 saturated carbocycles. The largest absolute Gasteiger partial charge is 0.480 e. The second kappa shape index (κ2) is 7.25. The Hall–Kier alpha value is -0.610. The fourth-order valence-electron chi connectivity index (χ4n) is 3.40. The maximum Gasteiger partial charge on any atom is 0.320 e. The first-order valence-corrected chi connectivity index (χ1v) is 7.86. The Bertz CT molecular complexity index is 280. The van der Waals surface area contributed by atoms with Gasteiger partial charge in [0.05, 0.1) is 0 Å². The van der Waals surface area contributed by atoms with Crippen molar-refractivity contribution in [2.24, 2.45) is 5.92 Å². The van der Waals surface area contributed by atoms with E-state index in [1.54, 1.807) is 6.92 Å². The molecule has 0 aromatic rings. The van der Waals surface area contributed by atoms with Crippen molar-refractivity contribution in [2.75, 3.05) is 32.7 Å². The summed E-state index contributed by atoms with van der Waals surface area (Å²) in [6, 6.07) is -0.333. The summed E-state index contributed by atoms with van der Waals surface area (Å²) >= 11 is 0. The Morgan fingerprint density at radius 3 is 2.21 bits per heavy atom. The highest BCUT2D eigenvalue weighted by Gasteiger charge is 2.26. The van der Waals surface area contributed by atoms with Crippen LogP contribution in [0, 0.1) is 5.92 Å². The third-order valence-electron chi connectivity index (χ3n) is 4.80. The van der Waals surface area contributed by atoms with E-state index in [2.05, 4.69) is 9.80 Å². The first-order chi connectivity index (χ1) is 9.16. The summed E-state index contributed by atoms with van der Waals surface area (Å²) in [7, 11) is 0. The first-order valence-electron chi connectivity index (χ1n) is 7.86. The molecule has 1 aliphatic carbocycles. The van der Waals surface area contributed by atoms with Gasteiger partial charge in [0.2, 0.25) is 0 Å². The summed E-state index contributed by atoms with van der Waals surface area (Å²) < 4.78 is 0. The van der Waals surface area contributed by atoms with E-state index >= 15 is 0 Å². The molecule has 2 aliphatic rings. The highest BCUT2D eigenvalue weighted by molar-refractivity contribution is 5.72. The average Bonchev–Trinajstić information content (AvgIpc) is 2.67. The lowest BCUT2D eigenvalue weighted by molar-refractivity contribution is -0.143. The number of hydrogen-bond acceptors (Lipinski definition) is 3. The van der Waals surface area contributed by atoms with E-state index < -0.39 is 5.97 Å². The van der Waals surface area contributed by atoms with Gasteiger partial charge in [-0.3, -0.25) is 9.69 Å². The zero-order chi connectivity index (χ0) is 13.7. The lowest BCUT2D eigenvalue weighted by atomic mass is 9.99. The normalized spacial score (nSPS) is 25.9. The highest BCUT2D eigenvalue weighted by atomic mass is 16.4. The van der Waals surface area contributed by atoms with Crippen LogP contribution in [-0.2, 0) is 4.79 Å². The van der Waals surface area contributed by atoms with Gasteiger partial charge in [-0.1, -0.05) is 25.7 Å². The van der Waals surface area contributed by atoms with Gasteiger partial charge in [-0.25, -0.2) is 0 Å². The fraction of sp³-hybridized carbons (Fsp3) is 0.933. The number of carboxylic acids is 1. The van der Waals surface area contributed by atoms with Crippen LogP contribution in [0.4, 0.5) is 0 Å². The minimum absolute atomic E-state index is 0.333. The summed E-state index contributed by atoms with van der Waals surface area (Å²) in [6.45, 7) is 6.90. The van der Waals surface area contributed by atoms with Gasteiger partial charge in [0.25, 0.3) is 0 Å². The number of nitrogens with zero attached hydrogens (tertiary/aromatic N) is 2. The lowest BCUT2D eigenvalue weighted by Gasteiger charge is -2.38. The van der Waals surface area contributed by atoms with Gasteiger partial charge in [0, 0.05) is 32.7 Å². The molecule has 0 aromatic heterocycles. The summed E-state index contributed by atoms with van der Waals surface area (Å²) in [5.74, 6) is 0.183. The molecule has 0 bridgehead atoms. The summed E-state index contributed by atoms with van der Waals surface area (Å²) in [6.07, 6.45) is 8.43. The molecule has 0 radical (unpaired) electrons. The molecule has 4 nitrogen and oxygen atoms in total. The standard InChI is InChI=1S/C15H28N2O2/c1-13(15(18)19)17-10-8-16(9-11-17)12-14-6-4-2-3-5-7-14/h13-14H,2-12H2,1H3,(H,18,19). The predicted octanol–water partition coefficient (Wildman–Crippen LogP) is 2.05. The highest BCUT2D eigenvalue weighted by Crippen LogP contribution is 2.24. The summed E-state index contributed by atoms with van der Waals surface area (Å²) in [5.41, 5.74) is 0. The van der Waals surface area contributed by atoms with Gasteiger partial charge in [-0.2, -0.15) is 0 Å². The SMILES string of the molecule is CC(C(=O)O)N1CCN(CC2CCCCCC2)CC1. The molecule has 1 atom stereocenters. The Labute approximate surface area is 116 Å². The van der Waals surface area contributed by atoms with Gasteiger partial charge >= 0.3 is 5.97 Å². The molecule has 2 rings (SSSR count). The molecule has 0 aromatic carbocycles. The van der Waals surface area contributed by atoms with Crippen LogP contribution in [0.5, 0.6) is 0 Å². The number of piperazine rings is 1. The van der Waals surface area contributed by atoms with Crippen molar-refractivity contribution in [3.05, 3.63) is 0 Å². The van der Waals surface area contributed by atoms with Crippen molar-refractivity contribution in [1.29, 1.82) is 0 Å². The lowest BCUT2D eigenvalue weighted by Crippen LogP contribution is -2.52. The zero-order valence-corrected chi connectivity index (χ0v) is 12.2. The van der Waals surface area contributed by atoms with Crippen molar-refractivity contribution in [1.82, 2.24) is 9.80 Å². The van der Waals surface area contributed by atoms with Crippen LogP contribution in [0.15, 0.2) is 0 Å². The number of rotatable bonds is 4. The molecule has 0 spiro atoms. The number of carboxylic acid groups (broad SMARTS) is 1. The minimum atomic E-state index is -0.697. The van der Waals surface area contributed by atoms with E-state index in [-0.39, 0.29) is 6.04 Å². The van der Waals surface area contributed by atoms with E-state index in [1.165, 1.54) is 45.1 Å². The van der Waals surface area contributed by atoms with Crippen molar-refractivity contribution >= 4 is 5.97 Å². The molecule has 110 valence electrons. The minimum Gasteiger partial charge on any atom is -0.480 e. The maximum atomic E-state index is 11.0. The Balaban J connectivity index is 1.72. The monoisotopic (exact) mass is 268 g/mol. The second-order valence-corrected chi connectivity index (χ2v) is 6.21. The molecule has 1 aliphatic heterocycles. The van der Waals surface area contributed by atoms with Crippen LogP contribution in [0.2, 0.25) is 0 Å². The van der Waals surface area contributed by atoms with E-state index in [1.807, 2.05) is 0 Å². The first kappa shape index (κ1) is 14.8. The second-order valence-electron chi connectivity index (χ2n) is 6.21. The molecular formula is C15H28N2O2. The van der Waals surface area contributed by atoms with Gasteiger partial charge in [-0.15, -0.1) is 0 Å². The van der Waals surface area contributed by atoms with Crippen LogP contribution in [0.1, 0.15) is 45.4 Å². The van der Waals surface area contributed by atoms with Crippen LogP contribution >= 0.6 is 0 Å². The quantitative estimate of drug-likeness (QED) is 0.793. The van der Waals surface area contributed by atoms with Gasteiger partial charge in [-0.05, 0) is 25.7 Å². The van der Waals surface area contributed by atoms with E-state index in [4.69, 9.17) is 5.11 Å². The van der Waals surface area contributed by atoms with Crippen LogP contribution < -0.4 is 0 Å². The predicted molar refractivity (Wildman–Crippen MR) is 76.3 cm³/mol. The van der Waals surface area contributed by atoms with Crippen LogP contribution in [-0.4, -0.2) is 59.6 Å². The third kappa shape index (κ3) is 4.46. The molecule has 1 unspecified atom stereocenters. The van der Waals surface area contributed by atoms with Crippen LogP contribution in [0.3, 0.4) is 0 Å². The summed E-state index contributed by atoms with van der Waals surface area (Å²) in [5, 5.41) is 9.04. The summed E-state index contributed by atoms with van der Waals surface area (Å²) in [4.78, 5) is 15.6. The van der Waals surface area contributed by atoms with Crippen molar-refractivity contribution < 1.29 is 9.90 Å². The smallest absolute Gasteiger partial charge is 0.320 e. The average molecular weight is 268 g/mol. The number of carbonyl (C=O) groups is 1. The maximum absolute atomic E-state index is 11.0. The topological polar surface area (TPSA) is 43.8 Å². The van der Waals surface area contributed by atoms with Crippen molar-refractivity contribution in [2.45, 2.75) is 51.5 Å². The Morgan fingerprint density at radius 2 is 1.68 bits per heavy atom. The van der Waals surface area contributed by atoms with E-state index in [0.717, 1.165) is 32.1 Å². The van der Waals surface area contributed by atoms with E-state index in [0.29, 0.717) is 0 Å². The van der Waals surface area contributed by atoms with Crippen molar-refractivity contribution in [3.63, 3.8) is 0 Å². The van der Waals surface area contributed by atoms with Crippen LogP contribution in [0.25, 0.3) is 0 Å². The van der Waals surface area contributed by atoms with Gasteiger partial charge in [0.1, 0.15) is 6.04 Å². The molecule has 19 heavy (non-hydrogen) atoms. The van der Waals surface area contributed by atoms with Crippen molar-refractivity contribution in [3.8, 4) is 0 Å². The molecule has 2 fully saturated rings. The molecule has 1 heterocycles. The molecule has 1 saturated heterocycles. The number of hydrogen-bond donors (Lipinski definition) is 1. The van der Waals surface area contributed by atoms with Gasteiger partial charge in [0.15, 0.2) is 0 Å². The number of aliphatic carboxylic acids is 1. The molecule has 4 heteroatoms. The molecule has 0 amide bonds. The third-order valence-corrected chi connectivity index (χ3v) is 4.80. The van der Waals surface area contributed by atoms with E-state index in [9.17, 15) is 4.79 Å². The Morgan fingerprint density at radius 1 is 1.11 bits per heavy atom. The fourth-order valence-corrected chi connectivity index (χ4v) is 3.40.